The molecule has 11 heavy (non-hydrogen) atoms. The molecule has 1 aliphatic heterocycles. The Bertz CT molecular complexity index is 254. The number of nitrogens with zero attached hydrogens (tertiary/aromatic N) is 1. The molecule has 1 nitrogen and oxygen atoms in total. The molecule has 0 fully saturated rings. The van der Waals surface area contributed by atoms with Crippen LogP contribution >= 0.6 is 0 Å². The molecule has 1 heterocycles. The highest BCUT2D eigenvalue weighted by molar-refractivity contribution is 5.73. The second kappa shape index (κ2) is 3.71. The van der Waals surface area contributed by atoms with E-state index in [1.54, 1.807) is 6.21 Å². The van der Waals surface area contributed by atoms with Gasteiger partial charge in [-0.2, -0.15) is 0 Å². The summed E-state index contributed by atoms with van der Waals surface area (Å²) in [5.41, 5.74) is 1.87. The molecule has 56 valence electrons. The molecule has 0 amide bonds. The molecule has 0 saturated heterocycles. The fourth-order valence-electron chi connectivity index (χ4n) is 0.775. The summed E-state index contributed by atoms with van der Waals surface area (Å²) in [5.74, 6) is 0. The van der Waals surface area contributed by atoms with E-state index in [4.69, 9.17) is 0 Å². The van der Waals surface area contributed by atoms with Gasteiger partial charge in [-0.25, -0.2) is 0 Å². The highest BCUT2D eigenvalue weighted by Gasteiger charge is 1.86. The molecule has 0 aromatic carbocycles. The van der Waals surface area contributed by atoms with Crippen molar-refractivity contribution in [3.05, 3.63) is 48.7 Å². The Labute approximate surface area is 67.2 Å². The van der Waals surface area contributed by atoms with E-state index in [0.29, 0.717) is 0 Å². The van der Waals surface area contributed by atoms with Gasteiger partial charge in [-0.05, 0) is 18.6 Å². The van der Waals surface area contributed by atoms with Crippen LogP contribution in [0.5, 0.6) is 0 Å². The van der Waals surface area contributed by atoms with Crippen molar-refractivity contribution in [3.8, 4) is 0 Å². The van der Waals surface area contributed by atoms with E-state index in [1.165, 1.54) is 0 Å². The molecular weight excluding hydrogens is 134 g/mol. The normalized spacial score (nSPS) is 26.5. The monoisotopic (exact) mass is 145 g/mol. The molecule has 0 saturated carbocycles. The van der Waals surface area contributed by atoms with Gasteiger partial charge in [0.25, 0.3) is 0 Å². The molecule has 0 bridgehead atoms. The summed E-state index contributed by atoms with van der Waals surface area (Å²) in [6.45, 7) is 7.59. The molecule has 1 rings (SSSR count). The number of aliphatic imine (C=N–C) groups is 1. The quantitative estimate of drug-likeness (QED) is 0.497. The van der Waals surface area contributed by atoms with Crippen LogP contribution in [-0.2, 0) is 0 Å². The van der Waals surface area contributed by atoms with E-state index >= 15 is 0 Å². The fraction of sp³-hybridized carbons (Fsp3) is 0.100. The Morgan fingerprint density at radius 2 is 2.09 bits per heavy atom. The van der Waals surface area contributed by atoms with E-state index in [1.807, 2.05) is 24.3 Å². The maximum Gasteiger partial charge on any atom is 0.0554 e. The van der Waals surface area contributed by atoms with Gasteiger partial charge in [0.15, 0.2) is 0 Å². The van der Waals surface area contributed by atoms with Crippen molar-refractivity contribution in [3.63, 3.8) is 0 Å². The number of hydrogen-bond acceptors (Lipinski definition) is 1. The van der Waals surface area contributed by atoms with Crippen molar-refractivity contribution in [1.82, 2.24) is 0 Å². The van der Waals surface area contributed by atoms with Gasteiger partial charge in [0, 0.05) is 6.21 Å². The zero-order chi connectivity index (χ0) is 8.10. The third-order valence-corrected chi connectivity index (χ3v) is 1.35. The summed E-state index contributed by atoms with van der Waals surface area (Å²) < 4.78 is 0. The maximum atomic E-state index is 4.04. The number of rotatable bonds is 0. The number of hydrogen-bond donors (Lipinski definition) is 0. The molecular formula is C10H11N. The molecule has 0 radical (unpaired) electrons. The van der Waals surface area contributed by atoms with Crippen LogP contribution in [0.1, 0.15) is 6.42 Å². The van der Waals surface area contributed by atoms with Crippen molar-refractivity contribution >= 4 is 6.21 Å². The summed E-state index contributed by atoms with van der Waals surface area (Å²) in [6, 6.07) is 0. The minimum Gasteiger partial charge on any atom is -0.258 e. The molecule has 1 aliphatic rings. The van der Waals surface area contributed by atoms with E-state index in [2.05, 4.69) is 18.2 Å². The van der Waals surface area contributed by atoms with E-state index in [9.17, 15) is 0 Å². The Morgan fingerprint density at radius 3 is 2.91 bits per heavy atom. The van der Waals surface area contributed by atoms with Gasteiger partial charge in [0.2, 0.25) is 0 Å². The zero-order valence-corrected chi connectivity index (χ0v) is 6.46. The highest BCUT2D eigenvalue weighted by Crippen LogP contribution is 2.05. The largest absolute Gasteiger partial charge is 0.258 e. The topological polar surface area (TPSA) is 12.4 Å². The molecule has 0 aromatic heterocycles. The first-order chi connectivity index (χ1) is 5.29. The van der Waals surface area contributed by atoms with Gasteiger partial charge < -0.3 is 0 Å². The highest BCUT2D eigenvalue weighted by atomic mass is 14.7. The first-order valence-electron chi connectivity index (χ1n) is 3.53. The first kappa shape index (κ1) is 7.73. The smallest absolute Gasteiger partial charge is 0.0554 e. The van der Waals surface area contributed by atoms with Gasteiger partial charge in [0.1, 0.15) is 0 Å². The minimum absolute atomic E-state index is 0.782. The molecule has 0 unspecified atom stereocenters. The molecule has 0 atom stereocenters. The lowest BCUT2D eigenvalue weighted by molar-refractivity contribution is 1.29. The Morgan fingerprint density at radius 1 is 1.27 bits per heavy atom. The predicted octanol–water partition coefficient (Wildman–Crippen LogP) is 2.64. The lowest BCUT2D eigenvalue weighted by Crippen LogP contribution is -1.69. The third-order valence-electron chi connectivity index (χ3n) is 1.35. The Balaban J connectivity index is 2.79. The zero-order valence-electron chi connectivity index (χ0n) is 6.46. The first-order valence-corrected chi connectivity index (χ1v) is 3.53. The van der Waals surface area contributed by atoms with E-state index in [-0.39, 0.29) is 0 Å². The van der Waals surface area contributed by atoms with Gasteiger partial charge in [-0.15, -0.1) is 0 Å². The average Bonchev–Trinajstić information content (AvgIpc) is 2.04. The summed E-state index contributed by atoms with van der Waals surface area (Å²) >= 11 is 0. The van der Waals surface area contributed by atoms with Crippen LogP contribution in [0.2, 0.25) is 0 Å². The summed E-state index contributed by atoms with van der Waals surface area (Å²) in [6.07, 6.45) is 10.3. The lowest BCUT2D eigenvalue weighted by atomic mass is 10.2. The van der Waals surface area contributed by atoms with Gasteiger partial charge in [-0.3, -0.25) is 4.99 Å². The second-order valence-corrected chi connectivity index (χ2v) is 2.39. The van der Waals surface area contributed by atoms with Crippen molar-refractivity contribution < 1.29 is 0 Å². The lowest BCUT2D eigenvalue weighted by Gasteiger charge is -1.89. The Kier molecular flexibility index (Phi) is 2.61. The molecule has 0 aliphatic carbocycles. The van der Waals surface area contributed by atoms with Gasteiger partial charge in [-0.1, -0.05) is 30.9 Å². The average molecular weight is 145 g/mol. The van der Waals surface area contributed by atoms with Crippen LogP contribution < -0.4 is 0 Å². The maximum absolute atomic E-state index is 4.04. The van der Waals surface area contributed by atoms with Crippen LogP contribution in [0.25, 0.3) is 0 Å². The van der Waals surface area contributed by atoms with Crippen LogP contribution in [0, 0.1) is 0 Å². The fourth-order valence-corrected chi connectivity index (χ4v) is 0.775. The van der Waals surface area contributed by atoms with Gasteiger partial charge >= 0.3 is 0 Å². The number of allylic oxidation sites excluding steroid dienone is 5. The van der Waals surface area contributed by atoms with Crippen LogP contribution in [0.3, 0.4) is 0 Å². The molecule has 0 N–H and O–H groups in total. The molecule has 0 aromatic rings. The minimum atomic E-state index is 0.782. The summed E-state index contributed by atoms with van der Waals surface area (Å²) in [4.78, 5) is 4.04. The van der Waals surface area contributed by atoms with E-state index in [0.717, 1.165) is 17.7 Å². The standard InChI is InChI=1S/C10H11N/c1-9-5-3-7-10(2)11-8-4-6-9/h3-4,6-8H,1-2,5H2/b6-4-,7-3-,11-8-. The second-order valence-electron chi connectivity index (χ2n) is 2.39. The SMILES string of the molecule is C=C1/C=C\C=N/C(=C)/C=C\C1. The summed E-state index contributed by atoms with van der Waals surface area (Å²) in [7, 11) is 0. The molecule has 1 heteroatoms. The summed E-state index contributed by atoms with van der Waals surface area (Å²) in [5, 5.41) is 0. The van der Waals surface area contributed by atoms with E-state index < -0.39 is 0 Å². The van der Waals surface area contributed by atoms with Crippen molar-refractivity contribution in [2.24, 2.45) is 4.99 Å². The van der Waals surface area contributed by atoms with Crippen molar-refractivity contribution in [2.75, 3.05) is 0 Å². The van der Waals surface area contributed by atoms with Crippen molar-refractivity contribution in [2.45, 2.75) is 6.42 Å². The van der Waals surface area contributed by atoms with Crippen LogP contribution in [-0.4, -0.2) is 6.21 Å². The van der Waals surface area contributed by atoms with Crippen LogP contribution in [0.15, 0.2) is 53.7 Å². The van der Waals surface area contributed by atoms with Gasteiger partial charge in [0.05, 0.1) is 5.70 Å². The predicted molar refractivity (Wildman–Crippen MR) is 49.7 cm³/mol. The Hall–Kier alpha value is -1.37. The van der Waals surface area contributed by atoms with Crippen LogP contribution in [0.4, 0.5) is 0 Å². The van der Waals surface area contributed by atoms with Crippen molar-refractivity contribution in [1.29, 1.82) is 0 Å². The molecule has 0 spiro atoms. The third kappa shape index (κ3) is 2.80.